The number of morpholine rings is 1. The number of rotatable bonds is 1. The number of ether oxygens (including phenoxy) is 1. The van der Waals surface area contributed by atoms with Crippen LogP contribution in [0, 0.1) is 6.92 Å². The fraction of sp³-hybridized carbons (Fsp3) is 0.500. The van der Waals surface area contributed by atoms with Gasteiger partial charge in [-0.05, 0) is 12.5 Å². The zero-order chi connectivity index (χ0) is 12.7. The maximum Gasteiger partial charge on any atom is 0.231 e. The number of benzene rings is 1. The first-order chi connectivity index (χ1) is 8.66. The average molecular weight is 246 g/mol. The molecule has 2 aliphatic rings. The van der Waals surface area contributed by atoms with Gasteiger partial charge in [0, 0.05) is 25.7 Å². The molecule has 0 aliphatic carbocycles. The third kappa shape index (κ3) is 1.82. The van der Waals surface area contributed by atoms with Gasteiger partial charge in [-0.15, -0.1) is 0 Å². The van der Waals surface area contributed by atoms with Gasteiger partial charge in [-0.1, -0.05) is 17.7 Å². The molecule has 2 aliphatic heterocycles. The Morgan fingerprint density at radius 3 is 3.00 bits per heavy atom. The second-order valence-corrected chi connectivity index (χ2v) is 5.05. The van der Waals surface area contributed by atoms with E-state index in [1.165, 1.54) is 5.56 Å². The summed E-state index contributed by atoms with van der Waals surface area (Å²) in [4.78, 5) is 13.6. The van der Waals surface area contributed by atoms with Crippen LogP contribution >= 0.6 is 0 Å². The number of aryl methyl sites for hydroxylation is 1. The monoisotopic (exact) mass is 246 g/mol. The van der Waals surface area contributed by atoms with E-state index in [4.69, 9.17) is 4.74 Å². The Hall–Kier alpha value is -1.39. The molecule has 4 heteroatoms. The van der Waals surface area contributed by atoms with Gasteiger partial charge in [0.1, 0.15) is 0 Å². The predicted molar refractivity (Wildman–Crippen MR) is 69.9 cm³/mol. The van der Waals surface area contributed by atoms with Gasteiger partial charge in [-0.2, -0.15) is 0 Å². The van der Waals surface area contributed by atoms with Crippen LogP contribution in [0.5, 0.6) is 0 Å². The number of amides is 1. The van der Waals surface area contributed by atoms with Gasteiger partial charge >= 0.3 is 0 Å². The summed E-state index contributed by atoms with van der Waals surface area (Å²) in [6, 6.07) is 4.25. The third-order valence-electron chi connectivity index (χ3n) is 3.69. The van der Waals surface area contributed by atoms with Crippen LogP contribution in [0.4, 0.5) is 5.69 Å². The van der Waals surface area contributed by atoms with E-state index in [1.54, 1.807) is 4.90 Å². The first kappa shape index (κ1) is 11.7. The zero-order valence-corrected chi connectivity index (χ0v) is 10.8. The fourth-order valence-corrected chi connectivity index (χ4v) is 2.84. The van der Waals surface area contributed by atoms with Crippen LogP contribution in [0.25, 0.3) is 0 Å². The number of fused-ring (bicyclic) bond motifs is 1. The normalized spacial score (nSPS) is 23.3. The Balaban J connectivity index is 2.06. The Bertz CT molecular complexity index is 493. The average Bonchev–Trinajstić information content (AvgIpc) is 2.65. The van der Waals surface area contributed by atoms with Gasteiger partial charge < -0.3 is 15.0 Å². The Kier molecular flexibility index (Phi) is 2.84. The molecule has 1 fully saturated rings. The van der Waals surface area contributed by atoms with Gasteiger partial charge in [-0.25, -0.2) is 0 Å². The summed E-state index contributed by atoms with van der Waals surface area (Å²) in [5.41, 5.74) is 4.53. The predicted octanol–water partition coefficient (Wildman–Crippen LogP) is 1.17. The molecule has 96 valence electrons. The van der Waals surface area contributed by atoms with Crippen molar-refractivity contribution in [3.8, 4) is 0 Å². The highest BCUT2D eigenvalue weighted by molar-refractivity contribution is 6.02. The quantitative estimate of drug-likeness (QED) is 0.809. The molecule has 0 radical (unpaired) electrons. The van der Waals surface area contributed by atoms with Crippen LogP contribution in [-0.2, 0) is 16.0 Å². The van der Waals surface area contributed by atoms with Crippen LogP contribution in [0.1, 0.15) is 22.8 Å². The minimum Gasteiger partial charge on any atom is -0.371 e. The summed E-state index contributed by atoms with van der Waals surface area (Å²) in [5.74, 6) is 0.167. The van der Waals surface area contributed by atoms with Gasteiger partial charge in [0.2, 0.25) is 5.91 Å². The maximum absolute atomic E-state index is 11.8. The lowest BCUT2D eigenvalue weighted by Gasteiger charge is -2.27. The van der Waals surface area contributed by atoms with Crippen molar-refractivity contribution in [3.05, 3.63) is 28.8 Å². The highest BCUT2D eigenvalue weighted by atomic mass is 16.5. The van der Waals surface area contributed by atoms with E-state index in [2.05, 4.69) is 24.4 Å². The SMILES string of the molecule is Cc1cc2c(c(C3CNCCO3)c1)N(C)C(=O)C2. The van der Waals surface area contributed by atoms with Crippen molar-refractivity contribution in [2.75, 3.05) is 31.6 Å². The lowest BCUT2D eigenvalue weighted by molar-refractivity contribution is -0.117. The fourth-order valence-electron chi connectivity index (χ4n) is 2.84. The first-order valence-electron chi connectivity index (χ1n) is 6.39. The van der Waals surface area contributed by atoms with Gasteiger partial charge in [0.15, 0.2) is 0 Å². The van der Waals surface area contributed by atoms with E-state index < -0.39 is 0 Å². The number of nitrogens with one attached hydrogen (secondary N) is 1. The molecule has 1 aromatic rings. The molecule has 1 aromatic carbocycles. The maximum atomic E-state index is 11.8. The molecule has 0 saturated carbocycles. The van der Waals surface area contributed by atoms with E-state index in [0.717, 1.165) is 36.5 Å². The summed E-state index contributed by atoms with van der Waals surface area (Å²) in [7, 11) is 1.85. The summed E-state index contributed by atoms with van der Waals surface area (Å²) >= 11 is 0. The number of anilines is 1. The lowest BCUT2D eigenvalue weighted by Crippen LogP contribution is -2.34. The van der Waals surface area contributed by atoms with Crippen molar-refractivity contribution in [3.63, 3.8) is 0 Å². The van der Waals surface area contributed by atoms with Crippen molar-refractivity contribution in [1.29, 1.82) is 0 Å². The van der Waals surface area contributed by atoms with E-state index in [9.17, 15) is 4.79 Å². The Morgan fingerprint density at radius 1 is 1.44 bits per heavy atom. The summed E-state index contributed by atoms with van der Waals surface area (Å²) < 4.78 is 5.83. The number of carbonyl (C=O) groups is 1. The van der Waals surface area contributed by atoms with E-state index >= 15 is 0 Å². The molecule has 0 spiro atoms. The summed E-state index contributed by atoms with van der Waals surface area (Å²) in [5, 5.41) is 3.34. The van der Waals surface area contributed by atoms with Crippen LogP contribution in [-0.4, -0.2) is 32.7 Å². The van der Waals surface area contributed by atoms with Crippen LogP contribution < -0.4 is 10.2 Å². The third-order valence-corrected chi connectivity index (χ3v) is 3.69. The molecule has 1 saturated heterocycles. The molecule has 1 N–H and O–H groups in total. The van der Waals surface area contributed by atoms with Crippen molar-refractivity contribution >= 4 is 11.6 Å². The van der Waals surface area contributed by atoms with Gasteiger partial charge in [0.25, 0.3) is 0 Å². The second kappa shape index (κ2) is 4.37. The molecule has 1 amide bonds. The van der Waals surface area contributed by atoms with E-state index in [-0.39, 0.29) is 12.0 Å². The molecule has 1 unspecified atom stereocenters. The molecule has 2 heterocycles. The minimum atomic E-state index is 0.0562. The molecular formula is C14H18N2O2. The molecular weight excluding hydrogens is 228 g/mol. The minimum absolute atomic E-state index is 0.0562. The van der Waals surface area contributed by atoms with E-state index in [1.807, 2.05) is 7.05 Å². The number of carbonyl (C=O) groups excluding carboxylic acids is 1. The first-order valence-corrected chi connectivity index (χ1v) is 6.39. The summed E-state index contributed by atoms with van der Waals surface area (Å²) in [6.45, 7) is 4.52. The lowest BCUT2D eigenvalue weighted by atomic mass is 9.99. The number of hydrogen-bond acceptors (Lipinski definition) is 3. The smallest absolute Gasteiger partial charge is 0.231 e. The summed E-state index contributed by atoms with van der Waals surface area (Å²) in [6.07, 6.45) is 0.571. The molecule has 4 nitrogen and oxygen atoms in total. The topological polar surface area (TPSA) is 41.6 Å². The second-order valence-electron chi connectivity index (χ2n) is 5.05. The Labute approximate surface area is 107 Å². The molecule has 0 bridgehead atoms. The highest BCUT2D eigenvalue weighted by Gasteiger charge is 2.30. The van der Waals surface area contributed by atoms with Crippen LogP contribution in [0.3, 0.4) is 0 Å². The molecule has 0 aromatic heterocycles. The highest BCUT2D eigenvalue weighted by Crippen LogP contribution is 2.37. The van der Waals surface area contributed by atoms with Crippen LogP contribution in [0.2, 0.25) is 0 Å². The molecule has 3 rings (SSSR count). The zero-order valence-electron chi connectivity index (χ0n) is 10.8. The van der Waals surface area contributed by atoms with Crippen molar-refractivity contribution in [2.24, 2.45) is 0 Å². The van der Waals surface area contributed by atoms with Crippen molar-refractivity contribution < 1.29 is 9.53 Å². The molecule has 1 atom stereocenters. The van der Waals surface area contributed by atoms with Crippen LogP contribution in [0.15, 0.2) is 12.1 Å². The number of likely N-dealkylation sites (N-methyl/N-ethyl adjacent to an activating group) is 1. The number of hydrogen-bond donors (Lipinski definition) is 1. The van der Waals surface area contributed by atoms with E-state index in [0.29, 0.717) is 6.42 Å². The largest absolute Gasteiger partial charge is 0.371 e. The van der Waals surface area contributed by atoms with Crippen molar-refractivity contribution in [1.82, 2.24) is 5.32 Å². The number of nitrogens with zero attached hydrogens (tertiary/aromatic N) is 1. The van der Waals surface area contributed by atoms with Gasteiger partial charge in [-0.3, -0.25) is 4.79 Å². The molecule has 18 heavy (non-hydrogen) atoms. The van der Waals surface area contributed by atoms with Gasteiger partial charge in [0.05, 0.1) is 24.8 Å². The Morgan fingerprint density at radius 2 is 2.28 bits per heavy atom. The standard InChI is InChI=1S/C14H18N2O2/c1-9-5-10-7-13(17)16(2)14(10)11(6-9)12-8-15-3-4-18-12/h5-6,12,15H,3-4,7-8H2,1-2H3. The van der Waals surface area contributed by atoms with Crippen molar-refractivity contribution in [2.45, 2.75) is 19.4 Å².